The number of rotatable bonds is 7. The average Bonchev–Trinajstić information content (AvgIpc) is 2.90. The molecule has 23 heavy (non-hydrogen) atoms. The molecule has 11 heteroatoms. The van der Waals surface area contributed by atoms with E-state index in [1.807, 2.05) is 0 Å². The van der Waals surface area contributed by atoms with E-state index >= 15 is 0 Å². The fraction of sp³-hybridized carbons (Fsp3) is 0.417. The van der Waals surface area contributed by atoms with Gasteiger partial charge in [0.05, 0.1) is 12.9 Å². The molecule has 0 spiro atoms. The third-order valence-corrected chi connectivity index (χ3v) is 3.10. The molecule has 2 aromatic heterocycles. The number of imidazole rings is 1. The van der Waals surface area contributed by atoms with E-state index in [1.54, 1.807) is 0 Å². The molecule has 0 unspecified atom stereocenters. The highest BCUT2D eigenvalue weighted by Crippen LogP contribution is 2.14. The van der Waals surface area contributed by atoms with Crippen molar-refractivity contribution in [2.24, 2.45) is 5.73 Å². The second-order valence-corrected chi connectivity index (χ2v) is 4.91. The number of amides is 1. The Morgan fingerprint density at radius 3 is 2.74 bits per heavy atom. The van der Waals surface area contributed by atoms with Gasteiger partial charge in [-0.15, -0.1) is 0 Å². The highest BCUT2D eigenvalue weighted by molar-refractivity contribution is 5.85. The Bertz CT molecular complexity index is 716. The summed E-state index contributed by atoms with van der Waals surface area (Å²) in [6.07, 6.45) is 2.62. The summed E-state index contributed by atoms with van der Waals surface area (Å²) in [5.74, 6) is -1.48. The minimum atomic E-state index is -1.18. The third kappa shape index (κ3) is 3.90. The predicted octanol–water partition coefficient (Wildman–Crippen LogP) is -2.36. The molecule has 0 saturated carbocycles. The van der Waals surface area contributed by atoms with Crippen LogP contribution >= 0.6 is 0 Å². The van der Waals surface area contributed by atoms with Crippen LogP contribution in [0.2, 0.25) is 0 Å². The number of carbonyl (C=O) groups excluding carboxylic acids is 1. The monoisotopic (exact) mass is 323 g/mol. The number of aromatic nitrogens is 4. The summed E-state index contributed by atoms with van der Waals surface area (Å²) in [5, 5.41) is 17.9. The Morgan fingerprint density at radius 1 is 1.35 bits per heavy atom. The van der Waals surface area contributed by atoms with E-state index in [2.05, 4.69) is 15.0 Å². The van der Waals surface area contributed by atoms with Crippen molar-refractivity contribution >= 4 is 28.9 Å². The van der Waals surface area contributed by atoms with Crippen molar-refractivity contribution in [3.8, 4) is 0 Å². The number of hydrogen-bond acceptors (Lipinski definition) is 8. The van der Waals surface area contributed by atoms with Crippen LogP contribution in [0.25, 0.3) is 11.2 Å². The molecule has 0 bridgehead atoms. The second kappa shape index (κ2) is 6.98. The summed E-state index contributed by atoms with van der Waals surface area (Å²) in [6, 6.07) is -0.726. The van der Waals surface area contributed by atoms with Gasteiger partial charge >= 0.3 is 5.97 Å². The smallest absolute Gasteiger partial charge is 0.323 e. The summed E-state index contributed by atoms with van der Waals surface area (Å²) >= 11 is 0. The minimum absolute atomic E-state index is 0.0780. The molecule has 6 N–H and O–H groups in total. The summed E-state index contributed by atoms with van der Waals surface area (Å²) in [6.45, 7) is -1.14. The van der Waals surface area contributed by atoms with Crippen molar-refractivity contribution in [2.75, 3.05) is 25.4 Å². The van der Waals surface area contributed by atoms with Crippen LogP contribution in [-0.4, -0.2) is 72.2 Å². The number of nitrogens with zero attached hydrogens (tertiary/aromatic N) is 5. The molecule has 0 aliphatic rings. The van der Waals surface area contributed by atoms with Crippen molar-refractivity contribution in [2.45, 2.75) is 12.6 Å². The molecular weight excluding hydrogens is 306 g/mol. The van der Waals surface area contributed by atoms with Gasteiger partial charge in [-0.25, -0.2) is 15.0 Å². The Labute approximate surface area is 130 Å². The molecule has 2 aromatic rings. The van der Waals surface area contributed by atoms with E-state index < -0.39 is 24.5 Å². The van der Waals surface area contributed by atoms with Gasteiger partial charge in [-0.2, -0.15) is 0 Å². The second-order valence-electron chi connectivity index (χ2n) is 4.91. The van der Waals surface area contributed by atoms with Gasteiger partial charge < -0.3 is 31.1 Å². The predicted molar refractivity (Wildman–Crippen MR) is 79.0 cm³/mol. The van der Waals surface area contributed by atoms with Crippen LogP contribution in [0.1, 0.15) is 0 Å². The molecule has 0 radical (unpaired) electrons. The van der Waals surface area contributed by atoms with Crippen molar-refractivity contribution in [1.82, 2.24) is 24.4 Å². The van der Waals surface area contributed by atoms with Crippen LogP contribution in [-0.2, 0) is 16.1 Å². The number of carbonyl (C=O) groups is 2. The maximum absolute atomic E-state index is 12.3. The topological polar surface area (TPSA) is 173 Å². The lowest BCUT2D eigenvalue weighted by atomic mass is 10.3. The van der Waals surface area contributed by atoms with Crippen molar-refractivity contribution < 1.29 is 19.8 Å². The van der Waals surface area contributed by atoms with Crippen LogP contribution in [0, 0.1) is 0 Å². The van der Waals surface area contributed by atoms with Gasteiger partial charge in [-0.1, -0.05) is 0 Å². The fourth-order valence-corrected chi connectivity index (χ4v) is 2.02. The van der Waals surface area contributed by atoms with Crippen molar-refractivity contribution in [1.29, 1.82) is 0 Å². The number of anilines is 1. The Kier molecular flexibility index (Phi) is 5.03. The standard InChI is InChI=1S/C12H17N7O4/c13-7(4-20)1-18(3-9(22)23)8(21)2-19-6-17-10-11(14)15-5-16-12(10)19/h5-7,20H,1-4,13H2,(H,22,23)(H2,14,15,16)/t7-/m1/s1. The Morgan fingerprint density at radius 2 is 2.09 bits per heavy atom. The number of nitrogen functional groups attached to an aromatic ring is 1. The molecule has 0 aliphatic heterocycles. The molecule has 0 fully saturated rings. The van der Waals surface area contributed by atoms with Crippen molar-refractivity contribution in [3.63, 3.8) is 0 Å². The van der Waals surface area contributed by atoms with Gasteiger partial charge in [-0.05, 0) is 0 Å². The van der Waals surface area contributed by atoms with Gasteiger partial charge in [0, 0.05) is 12.6 Å². The quantitative estimate of drug-likeness (QED) is 0.434. The van der Waals surface area contributed by atoms with Gasteiger partial charge in [0.2, 0.25) is 5.91 Å². The SMILES string of the molecule is Nc1ncnc2c1ncn2CC(=O)N(CC(=O)O)C[C@@H](N)CO. The normalized spacial score (nSPS) is 12.3. The number of carboxylic acids is 1. The molecule has 0 aromatic carbocycles. The number of fused-ring (bicyclic) bond motifs is 1. The maximum atomic E-state index is 12.3. The lowest BCUT2D eigenvalue weighted by Gasteiger charge is -2.23. The Hall–Kier alpha value is -2.79. The highest BCUT2D eigenvalue weighted by atomic mass is 16.4. The first-order chi connectivity index (χ1) is 10.9. The first-order valence-electron chi connectivity index (χ1n) is 6.69. The number of hydrogen-bond donors (Lipinski definition) is 4. The molecule has 1 atom stereocenters. The van der Waals surface area contributed by atoms with E-state index in [0.29, 0.717) is 11.2 Å². The molecule has 0 aliphatic carbocycles. The molecular formula is C12H17N7O4. The summed E-state index contributed by atoms with van der Waals surface area (Å²) in [7, 11) is 0. The van der Waals surface area contributed by atoms with Gasteiger partial charge in [0.1, 0.15) is 24.9 Å². The van der Waals surface area contributed by atoms with E-state index in [9.17, 15) is 9.59 Å². The average molecular weight is 323 g/mol. The Balaban J connectivity index is 2.19. The maximum Gasteiger partial charge on any atom is 0.323 e. The summed E-state index contributed by atoms with van der Waals surface area (Å²) in [4.78, 5) is 36.1. The van der Waals surface area contributed by atoms with E-state index in [-0.39, 0.29) is 25.5 Å². The molecule has 1 amide bonds. The molecule has 11 nitrogen and oxygen atoms in total. The number of carboxylic acid groups (broad SMARTS) is 1. The molecule has 0 saturated heterocycles. The molecule has 2 heterocycles. The van der Waals surface area contributed by atoms with Gasteiger partial charge in [-0.3, -0.25) is 9.59 Å². The molecule has 2 rings (SSSR count). The van der Waals surface area contributed by atoms with E-state index in [1.165, 1.54) is 17.2 Å². The number of aliphatic hydroxyl groups is 1. The highest BCUT2D eigenvalue weighted by Gasteiger charge is 2.21. The summed E-state index contributed by atoms with van der Waals surface area (Å²) in [5.41, 5.74) is 12.0. The van der Waals surface area contributed by atoms with Crippen LogP contribution in [0.15, 0.2) is 12.7 Å². The van der Waals surface area contributed by atoms with Crippen LogP contribution in [0.5, 0.6) is 0 Å². The van der Waals surface area contributed by atoms with Crippen LogP contribution in [0.3, 0.4) is 0 Å². The molecule has 124 valence electrons. The van der Waals surface area contributed by atoms with Crippen molar-refractivity contribution in [3.05, 3.63) is 12.7 Å². The zero-order valence-corrected chi connectivity index (χ0v) is 12.2. The lowest BCUT2D eigenvalue weighted by molar-refractivity contribution is -0.145. The largest absolute Gasteiger partial charge is 0.480 e. The number of aliphatic carboxylic acids is 1. The lowest BCUT2D eigenvalue weighted by Crippen LogP contribution is -2.46. The van der Waals surface area contributed by atoms with Gasteiger partial charge in [0.25, 0.3) is 0 Å². The van der Waals surface area contributed by atoms with Crippen LogP contribution in [0.4, 0.5) is 5.82 Å². The summed E-state index contributed by atoms with van der Waals surface area (Å²) < 4.78 is 1.44. The zero-order chi connectivity index (χ0) is 17.0. The number of aliphatic hydroxyl groups excluding tert-OH is 1. The van der Waals surface area contributed by atoms with Gasteiger partial charge in [0.15, 0.2) is 11.5 Å². The first kappa shape index (κ1) is 16.6. The van der Waals surface area contributed by atoms with E-state index in [0.717, 1.165) is 4.90 Å². The minimum Gasteiger partial charge on any atom is -0.480 e. The fourth-order valence-electron chi connectivity index (χ4n) is 2.02. The number of nitrogens with two attached hydrogens (primary N) is 2. The van der Waals surface area contributed by atoms with E-state index in [4.69, 9.17) is 21.7 Å². The van der Waals surface area contributed by atoms with Crippen LogP contribution < -0.4 is 11.5 Å². The first-order valence-corrected chi connectivity index (χ1v) is 6.69. The zero-order valence-electron chi connectivity index (χ0n) is 12.2. The third-order valence-electron chi connectivity index (χ3n) is 3.10.